The molecule has 122 valence electrons. The summed E-state index contributed by atoms with van der Waals surface area (Å²) in [6, 6.07) is 4.79. The van der Waals surface area contributed by atoms with E-state index < -0.39 is 24.1 Å². The Kier molecular flexibility index (Phi) is 4.89. The molecule has 0 saturated heterocycles. The molecule has 9 nitrogen and oxygen atoms in total. The molecule has 1 aromatic heterocycles. The predicted molar refractivity (Wildman–Crippen MR) is 78.6 cm³/mol. The van der Waals surface area contributed by atoms with Crippen LogP contribution >= 0.6 is 0 Å². The molecule has 1 N–H and O–H groups in total. The molecule has 0 aliphatic heterocycles. The number of imide groups is 1. The molecule has 0 spiro atoms. The number of fused-ring (bicyclic) bond motifs is 1. The van der Waals surface area contributed by atoms with E-state index in [1.807, 2.05) is 12.2 Å². The fraction of sp³-hybridized carbons (Fsp3) is 0.357. The van der Waals surface area contributed by atoms with Gasteiger partial charge < -0.3 is 9.47 Å². The summed E-state index contributed by atoms with van der Waals surface area (Å²) in [5.74, 6) is -1.48. The Morgan fingerprint density at radius 3 is 2.74 bits per heavy atom. The van der Waals surface area contributed by atoms with Gasteiger partial charge in [0.2, 0.25) is 0 Å². The number of alkyl carbamates (subject to hydrolysis) is 1. The Hall–Kier alpha value is -2.97. The Morgan fingerprint density at radius 1 is 1.35 bits per heavy atom. The maximum atomic E-state index is 12.1. The van der Waals surface area contributed by atoms with Crippen LogP contribution in [0.5, 0.6) is 0 Å². The first kappa shape index (κ1) is 16.4. The van der Waals surface area contributed by atoms with Crippen molar-refractivity contribution in [3.63, 3.8) is 0 Å². The van der Waals surface area contributed by atoms with Gasteiger partial charge in [-0.15, -0.1) is 5.10 Å². The molecule has 9 heteroatoms. The van der Waals surface area contributed by atoms with Gasteiger partial charge in [-0.2, -0.15) is 0 Å². The van der Waals surface area contributed by atoms with Crippen molar-refractivity contribution in [3.8, 4) is 0 Å². The van der Waals surface area contributed by atoms with Crippen molar-refractivity contribution >= 4 is 29.0 Å². The largest absolute Gasteiger partial charge is 0.453 e. The Morgan fingerprint density at radius 2 is 2.09 bits per heavy atom. The minimum Gasteiger partial charge on any atom is -0.453 e. The lowest BCUT2D eigenvalue weighted by atomic mass is 10.2. The number of nitrogens with zero attached hydrogens (tertiary/aromatic N) is 3. The molecular weight excluding hydrogens is 304 g/mol. The zero-order valence-corrected chi connectivity index (χ0v) is 12.9. The van der Waals surface area contributed by atoms with Crippen LogP contribution in [0.1, 0.15) is 24.2 Å². The molecule has 23 heavy (non-hydrogen) atoms. The van der Waals surface area contributed by atoms with Crippen LogP contribution in [0.15, 0.2) is 18.2 Å². The highest BCUT2D eigenvalue weighted by molar-refractivity contribution is 5.98. The average molecular weight is 320 g/mol. The van der Waals surface area contributed by atoms with E-state index in [0.717, 1.165) is 12.6 Å². The number of rotatable bonds is 4. The van der Waals surface area contributed by atoms with Crippen LogP contribution in [0.3, 0.4) is 0 Å². The highest BCUT2D eigenvalue weighted by atomic mass is 16.6. The number of aromatic nitrogens is 3. The van der Waals surface area contributed by atoms with E-state index >= 15 is 0 Å². The SMILES string of the molecule is CCn1nnc2cc(C(=O)O[C@@H](C)C(=O)NC(=O)OC)ccc21. The lowest BCUT2D eigenvalue weighted by Crippen LogP contribution is -2.39. The molecule has 0 saturated carbocycles. The van der Waals surface area contributed by atoms with Crippen LogP contribution in [0.4, 0.5) is 4.79 Å². The van der Waals surface area contributed by atoms with Crippen molar-refractivity contribution in [2.24, 2.45) is 0 Å². The minimum absolute atomic E-state index is 0.235. The van der Waals surface area contributed by atoms with Crippen LogP contribution < -0.4 is 5.32 Å². The number of benzene rings is 1. The number of aryl methyl sites for hydroxylation is 1. The summed E-state index contributed by atoms with van der Waals surface area (Å²) in [5.41, 5.74) is 1.58. The number of nitrogens with one attached hydrogen (secondary N) is 1. The molecular formula is C14H16N4O5. The second-order valence-electron chi connectivity index (χ2n) is 4.64. The quantitative estimate of drug-likeness (QED) is 0.832. The Labute approximate surface area is 131 Å². The maximum absolute atomic E-state index is 12.1. The molecule has 0 bridgehead atoms. The van der Waals surface area contributed by atoms with Gasteiger partial charge in [-0.3, -0.25) is 10.1 Å². The van der Waals surface area contributed by atoms with E-state index in [9.17, 15) is 14.4 Å². The highest BCUT2D eigenvalue weighted by Gasteiger charge is 2.21. The Bertz CT molecular complexity index is 755. The number of carbonyl (C=O) groups excluding carboxylic acids is 3. The third kappa shape index (κ3) is 3.62. The summed E-state index contributed by atoms with van der Waals surface area (Å²) < 4.78 is 11.0. The number of esters is 1. The standard InChI is InChI=1S/C14H16N4O5/c1-4-18-11-6-5-9(7-10(11)16-17-18)13(20)23-8(2)12(19)15-14(21)22-3/h5-8H,4H2,1-3H3,(H,15,19,21)/t8-/m0/s1. The lowest BCUT2D eigenvalue weighted by molar-refractivity contribution is -0.128. The minimum atomic E-state index is -1.15. The fourth-order valence-corrected chi connectivity index (χ4v) is 1.87. The molecule has 1 aromatic carbocycles. The summed E-state index contributed by atoms with van der Waals surface area (Å²) in [5, 5.41) is 9.83. The molecule has 1 atom stereocenters. The van der Waals surface area contributed by atoms with Crippen LogP contribution in [0.2, 0.25) is 0 Å². The van der Waals surface area contributed by atoms with Crippen molar-refractivity contribution in [2.45, 2.75) is 26.5 Å². The van der Waals surface area contributed by atoms with Gasteiger partial charge in [0, 0.05) is 6.54 Å². The fourth-order valence-electron chi connectivity index (χ4n) is 1.87. The maximum Gasteiger partial charge on any atom is 0.413 e. The van der Waals surface area contributed by atoms with Gasteiger partial charge in [0.05, 0.1) is 18.2 Å². The van der Waals surface area contributed by atoms with Gasteiger partial charge in [-0.05, 0) is 32.0 Å². The van der Waals surface area contributed by atoms with Crippen molar-refractivity contribution in [3.05, 3.63) is 23.8 Å². The van der Waals surface area contributed by atoms with Gasteiger partial charge in [-0.25, -0.2) is 14.3 Å². The molecule has 0 aliphatic carbocycles. The van der Waals surface area contributed by atoms with E-state index in [0.29, 0.717) is 12.1 Å². The molecule has 0 aliphatic rings. The van der Waals surface area contributed by atoms with Crippen molar-refractivity contribution < 1.29 is 23.9 Å². The molecule has 0 fully saturated rings. The molecule has 2 aromatic rings. The predicted octanol–water partition coefficient (Wildman–Crippen LogP) is 0.879. The lowest BCUT2D eigenvalue weighted by Gasteiger charge is -2.12. The highest BCUT2D eigenvalue weighted by Crippen LogP contribution is 2.14. The molecule has 2 rings (SSSR count). The van der Waals surface area contributed by atoms with Crippen LogP contribution in [0, 0.1) is 0 Å². The second kappa shape index (κ2) is 6.86. The van der Waals surface area contributed by atoms with Gasteiger partial charge in [-0.1, -0.05) is 5.21 Å². The van der Waals surface area contributed by atoms with Crippen molar-refractivity contribution in [1.29, 1.82) is 0 Å². The molecule has 2 amide bonds. The van der Waals surface area contributed by atoms with Crippen LogP contribution in [0.25, 0.3) is 11.0 Å². The summed E-state index contributed by atoms with van der Waals surface area (Å²) >= 11 is 0. The summed E-state index contributed by atoms with van der Waals surface area (Å²) in [6.45, 7) is 3.94. The summed E-state index contributed by atoms with van der Waals surface area (Å²) in [6.07, 6.45) is -2.07. The Balaban J connectivity index is 2.08. The van der Waals surface area contributed by atoms with Crippen LogP contribution in [-0.2, 0) is 20.8 Å². The number of ether oxygens (including phenoxy) is 2. The van der Waals surface area contributed by atoms with Gasteiger partial charge in [0.25, 0.3) is 5.91 Å². The topological polar surface area (TPSA) is 112 Å². The zero-order chi connectivity index (χ0) is 17.0. The second-order valence-corrected chi connectivity index (χ2v) is 4.64. The summed E-state index contributed by atoms with van der Waals surface area (Å²) in [4.78, 5) is 34.6. The molecule has 1 heterocycles. The number of hydrogen-bond acceptors (Lipinski definition) is 7. The monoisotopic (exact) mass is 320 g/mol. The zero-order valence-electron chi connectivity index (χ0n) is 12.9. The number of amides is 2. The van der Waals surface area contributed by atoms with Crippen LogP contribution in [-0.4, -0.2) is 46.2 Å². The van der Waals surface area contributed by atoms with E-state index in [2.05, 4.69) is 15.0 Å². The van der Waals surface area contributed by atoms with Gasteiger partial charge in [0.15, 0.2) is 6.10 Å². The third-order valence-electron chi connectivity index (χ3n) is 3.11. The normalized spacial score (nSPS) is 11.8. The molecule has 0 radical (unpaired) electrons. The van der Waals surface area contributed by atoms with Gasteiger partial charge in [0.1, 0.15) is 5.52 Å². The number of carbonyl (C=O) groups is 3. The number of hydrogen-bond donors (Lipinski definition) is 1. The number of methoxy groups -OCH3 is 1. The first-order valence-corrected chi connectivity index (χ1v) is 6.89. The molecule has 0 unspecified atom stereocenters. The van der Waals surface area contributed by atoms with Gasteiger partial charge >= 0.3 is 12.1 Å². The van der Waals surface area contributed by atoms with E-state index in [4.69, 9.17) is 4.74 Å². The third-order valence-corrected chi connectivity index (χ3v) is 3.11. The van der Waals surface area contributed by atoms with E-state index in [1.165, 1.54) is 13.0 Å². The van der Waals surface area contributed by atoms with Crippen molar-refractivity contribution in [2.75, 3.05) is 7.11 Å². The average Bonchev–Trinajstić information content (AvgIpc) is 2.96. The first-order valence-electron chi connectivity index (χ1n) is 6.89. The smallest absolute Gasteiger partial charge is 0.413 e. The summed E-state index contributed by atoms with van der Waals surface area (Å²) in [7, 11) is 1.12. The first-order chi connectivity index (χ1) is 11.0. The van der Waals surface area contributed by atoms with Crippen molar-refractivity contribution in [1.82, 2.24) is 20.3 Å². The van der Waals surface area contributed by atoms with E-state index in [1.54, 1.807) is 16.8 Å². The van der Waals surface area contributed by atoms with E-state index in [-0.39, 0.29) is 5.56 Å².